The lowest BCUT2D eigenvalue weighted by atomic mass is 10.0. The molecular formula is C15H25N3. The van der Waals surface area contributed by atoms with Crippen molar-refractivity contribution in [3.63, 3.8) is 0 Å². The van der Waals surface area contributed by atoms with E-state index in [1.165, 1.54) is 31.4 Å². The molecule has 1 aromatic rings. The van der Waals surface area contributed by atoms with E-state index in [2.05, 4.69) is 36.0 Å². The first-order valence-corrected chi connectivity index (χ1v) is 6.94. The molecule has 0 spiro atoms. The molecular weight excluding hydrogens is 222 g/mol. The van der Waals surface area contributed by atoms with Crippen LogP contribution >= 0.6 is 0 Å². The predicted octanol–water partition coefficient (Wildman–Crippen LogP) is 2.58. The molecule has 0 bridgehead atoms. The molecule has 18 heavy (non-hydrogen) atoms. The highest BCUT2D eigenvalue weighted by molar-refractivity contribution is 5.53. The molecule has 0 aliphatic carbocycles. The van der Waals surface area contributed by atoms with Gasteiger partial charge in [-0.2, -0.15) is 0 Å². The molecule has 1 fully saturated rings. The van der Waals surface area contributed by atoms with Crippen molar-refractivity contribution in [3.8, 4) is 0 Å². The van der Waals surface area contributed by atoms with Gasteiger partial charge in [0.15, 0.2) is 0 Å². The van der Waals surface area contributed by atoms with Crippen LogP contribution in [0.2, 0.25) is 0 Å². The molecule has 0 radical (unpaired) electrons. The minimum Gasteiger partial charge on any atom is -0.399 e. The summed E-state index contributed by atoms with van der Waals surface area (Å²) in [4.78, 5) is 4.86. The van der Waals surface area contributed by atoms with Crippen LogP contribution in [0.5, 0.6) is 0 Å². The lowest BCUT2D eigenvalue weighted by molar-refractivity contribution is 0.266. The fraction of sp³-hybridized carbons (Fsp3) is 0.600. The normalized spacial score (nSPS) is 21.7. The maximum Gasteiger partial charge on any atom is 0.0368 e. The topological polar surface area (TPSA) is 32.5 Å². The first kappa shape index (κ1) is 13.2. The van der Waals surface area contributed by atoms with Crippen LogP contribution in [0.3, 0.4) is 0 Å². The van der Waals surface area contributed by atoms with E-state index in [-0.39, 0.29) is 0 Å². The Hall–Kier alpha value is -1.22. The Morgan fingerprint density at radius 1 is 1.11 bits per heavy atom. The number of nitrogens with zero attached hydrogens (tertiary/aromatic N) is 2. The van der Waals surface area contributed by atoms with Crippen LogP contribution in [0, 0.1) is 0 Å². The Kier molecular flexibility index (Phi) is 4.48. The van der Waals surface area contributed by atoms with Crippen LogP contribution in [-0.4, -0.2) is 38.1 Å². The number of nitrogen functional groups attached to an aromatic ring is 1. The summed E-state index contributed by atoms with van der Waals surface area (Å²) < 4.78 is 0. The minimum atomic E-state index is 0.655. The molecule has 1 heterocycles. The third-order valence-corrected chi connectivity index (χ3v) is 3.89. The van der Waals surface area contributed by atoms with E-state index in [1.807, 2.05) is 12.1 Å². The van der Waals surface area contributed by atoms with Crippen LogP contribution in [0.25, 0.3) is 0 Å². The van der Waals surface area contributed by atoms with Crippen LogP contribution in [0.4, 0.5) is 11.4 Å². The Morgan fingerprint density at radius 2 is 1.83 bits per heavy atom. The van der Waals surface area contributed by atoms with Gasteiger partial charge in [-0.3, -0.25) is 0 Å². The van der Waals surface area contributed by atoms with Crippen molar-refractivity contribution in [1.82, 2.24) is 4.90 Å². The predicted molar refractivity (Wildman–Crippen MR) is 79.0 cm³/mol. The number of anilines is 2. The zero-order valence-corrected chi connectivity index (χ0v) is 11.6. The van der Waals surface area contributed by atoms with E-state index in [0.29, 0.717) is 6.04 Å². The van der Waals surface area contributed by atoms with E-state index in [1.54, 1.807) is 0 Å². The third kappa shape index (κ3) is 3.39. The second-order valence-electron chi connectivity index (χ2n) is 5.50. The number of rotatable bonds is 2. The summed E-state index contributed by atoms with van der Waals surface area (Å²) in [6.07, 6.45) is 5.30. The highest BCUT2D eigenvalue weighted by atomic mass is 15.2. The van der Waals surface area contributed by atoms with Crippen LogP contribution in [0.15, 0.2) is 24.3 Å². The molecule has 3 heteroatoms. The van der Waals surface area contributed by atoms with Gasteiger partial charge in [-0.25, -0.2) is 0 Å². The highest BCUT2D eigenvalue weighted by Gasteiger charge is 2.18. The Bertz CT molecular complexity index is 359. The van der Waals surface area contributed by atoms with Crippen LogP contribution in [0.1, 0.15) is 25.7 Å². The molecule has 1 aromatic carbocycles. The van der Waals surface area contributed by atoms with Crippen molar-refractivity contribution < 1.29 is 0 Å². The van der Waals surface area contributed by atoms with Crippen molar-refractivity contribution in [2.75, 3.05) is 37.8 Å². The molecule has 1 atom stereocenters. The van der Waals surface area contributed by atoms with Crippen LogP contribution in [-0.2, 0) is 0 Å². The standard InChI is InChI=1S/C15H25N3/c1-17(2)15-6-4-3-5-11-18(12-15)14-9-7-13(16)8-10-14/h7-10,15H,3-6,11-12,16H2,1-2H3. The summed E-state index contributed by atoms with van der Waals surface area (Å²) in [5.74, 6) is 0. The van der Waals surface area contributed by atoms with E-state index in [4.69, 9.17) is 5.73 Å². The van der Waals surface area contributed by atoms with Gasteiger partial charge < -0.3 is 15.5 Å². The maximum atomic E-state index is 5.76. The zero-order valence-electron chi connectivity index (χ0n) is 11.6. The molecule has 1 aliphatic heterocycles. The number of likely N-dealkylation sites (N-methyl/N-ethyl adjacent to an activating group) is 1. The minimum absolute atomic E-state index is 0.655. The number of benzene rings is 1. The summed E-state index contributed by atoms with van der Waals surface area (Å²) in [6, 6.07) is 8.94. The second kappa shape index (κ2) is 6.10. The molecule has 3 nitrogen and oxygen atoms in total. The van der Waals surface area contributed by atoms with Gasteiger partial charge in [0.1, 0.15) is 0 Å². The summed E-state index contributed by atoms with van der Waals surface area (Å²) >= 11 is 0. The maximum absolute atomic E-state index is 5.76. The molecule has 2 rings (SSSR count). The summed E-state index contributed by atoms with van der Waals surface area (Å²) in [5.41, 5.74) is 7.91. The molecule has 2 N–H and O–H groups in total. The van der Waals surface area contributed by atoms with Gasteiger partial charge >= 0.3 is 0 Å². The third-order valence-electron chi connectivity index (χ3n) is 3.89. The molecule has 100 valence electrons. The van der Waals surface area contributed by atoms with Gasteiger partial charge in [-0.15, -0.1) is 0 Å². The van der Waals surface area contributed by atoms with Gasteiger partial charge in [-0.05, 0) is 51.2 Å². The molecule has 1 aliphatic rings. The number of nitrogens with two attached hydrogens (primary N) is 1. The fourth-order valence-corrected chi connectivity index (χ4v) is 2.64. The summed E-state index contributed by atoms with van der Waals surface area (Å²) in [7, 11) is 4.38. The first-order chi connectivity index (χ1) is 8.66. The van der Waals surface area contributed by atoms with Crippen molar-refractivity contribution in [2.24, 2.45) is 0 Å². The first-order valence-electron chi connectivity index (χ1n) is 6.94. The Balaban J connectivity index is 2.10. The van der Waals surface area contributed by atoms with Crippen LogP contribution < -0.4 is 10.6 Å². The van der Waals surface area contributed by atoms with Crippen molar-refractivity contribution in [2.45, 2.75) is 31.7 Å². The van der Waals surface area contributed by atoms with Gasteiger partial charge in [0.25, 0.3) is 0 Å². The highest BCUT2D eigenvalue weighted by Crippen LogP contribution is 2.21. The average molecular weight is 247 g/mol. The van der Waals surface area contributed by atoms with Crippen molar-refractivity contribution >= 4 is 11.4 Å². The fourth-order valence-electron chi connectivity index (χ4n) is 2.64. The molecule has 0 saturated carbocycles. The van der Waals surface area contributed by atoms with Crippen molar-refractivity contribution in [3.05, 3.63) is 24.3 Å². The van der Waals surface area contributed by atoms with Gasteiger partial charge in [0.2, 0.25) is 0 Å². The lowest BCUT2D eigenvalue weighted by Gasteiger charge is -2.35. The molecule has 1 unspecified atom stereocenters. The lowest BCUT2D eigenvalue weighted by Crippen LogP contribution is -2.42. The zero-order chi connectivity index (χ0) is 13.0. The number of hydrogen-bond donors (Lipinski definition) is 1. The Labute approximate surface area is 111 Å². The summed E-state index contributed by atoms with van der Waals surface area (Å²) in [5, 5.41) is 0. The largest absolute Gasteiger partial charge is 0.399 e. The summed E-state index contributed by atoms with van der Waals surface area (Å²) in [6.45, 7) is 2.28. The van der Waals surface area contributed by atoms with Gasteiger partial charge in [-0.1, -0.05) is 12.8 Å². The van der Waals surface area contributed by atoms with Gasteiger partial charge in [0.05, 0.1) is 0 Å². The van der Waals surface area contributed by atoms with E-state index in [9.17, 15) is 0 Å². The quantitative estimate of drug-likeness (QED) is 0.815. The van der Waals surface area contributed by atoms with Gasteiger partial charge in [0, 0.05) is 30.5 Å². The number of hydrogen-bond acceptors (Lipinski definition) is 3. The molecule has 1 saturated heterocycles. The second-order valence-corrected chi connectivity index (χ2v) is 5.50. The van der Waals surface area contributed by atoms with E-state index >= 15 is 0 Å². The SMILES string of the molecule is CN(C)C1CCCCCN(c2ccc(N)cc2)C1. The average Bonchev–Trinajstić information content (AvgIpc) is 2.30. The van der Waals surface area contributed by atoms with E-state index in [0.717, 1.165) is 18.8 Å². The molecule has 0 amide bonds. The molecule has 0 aromatic heterocycles. The van der Waals surface area contributed by atoms with E-state index < -0.39 is 0 Å². The smallest absolute Gasteiger partial charge is 0.0368 e. The Morgan fingerprint density at radius 3 is 2.50 bits per heavy atom. The monoisotopic (exact) mass is 247 g/mol. The van der Waals surface area contributed by atoms with Crippen molar-refractivity contribution in [1.29, 1.82) is 0 Å².